The molecule has 1 aliphatic heterocycles. The number of carbonyl (C=O) groups excluding carboxylic acids is 2. The smallest absolute Gasteiger partial charge is 0.270 e. The molecule has 1 aliphatic rings. The molecule has 0 saturated carbocycles. The molecule has 2 atom stereocenters. The third-order valence-electron chi connectivity index (χ3n) is 4.54. The number of aryl methyl sites for hydroxylation is 1. The molecule has 0 radical (unpaired) electrons. The topological polar surface area (TPSA) is 66.3 Å². The molecule has 1 N–H and O–H groups in total. The normalized spacial score (nSPS) is 21.4. The molecule has 23 heavy (non-hydrogen) atoms. The van der Waals surface area contributed by atoms with Gasteiger partial charge in [0.2, 0.25) is 0 Å². The van der Waals surface area contributed by atoms with Gasteiger partial charge in [0, 0.05) is 18.3 Å². The van der Waals surface area contributed by atoms with Crippen molar-refractivity contribution in [2.75, 3.05) is 6.54 Å². The lowest BCUT2D eigenvalue weighted by molar-refractivity contribution is 0.0514. The third-order valence-corrected chi connectivity index (χ3v) is 4.54. The zero-order valence-electron chi connectivity index (χ0n) is 13.8. The predicted molar refractivity (Wildman–Crippen MR) is 86.4 cm³/mol. The van der Waals surface area contributed by atoms with Gasteiger partial charge in [-0.15, -0.1) is 0 Å². The summed E-state index contributed by atoms with van der Waals surface area (Å²) < 4.78 is 5.77. The van der Waals surface area contributed by atoms with Crippen LogP contribution >= 0.6 is 0 Å². The summed E-state index contributed by atoms with van der Waals surface area (Å²) in [6.45, 7) is 6.30. The van der Waals surface area contributed by atoms with E-state index >= 15 is 0 Å². The van der Waals surface area contributed by atoms with Crippen LogP contribution in [0.5, 0.6) is 0 Å². The highest BCUT2D eigenvalue weighted by Gasteiger charge is 2.34. The van der Waals surface area contributed by atoms with Gasteiger partial charge in [-0.1, -0.05) is 6.92 Å². The fourth-order valence-electron chi connectivity index (χ4n) is 3.16. The zero-order chi connectivity index (χ0) is 16.6. The van der Waals surface area contributed by atoms with Gasteiger partial charge >= 0.3 is 0 Å². The van der Waals surface area contributed by atoms with Gasteiger partial charge in [-0.3, -0.25) is 9.59 Å². The minimum atomic E-state index is -0.0801. The van der Waals surface area contributed by atoms with Gasteiger partial charge in [0.15, 0.2) is 5.78 Å². The van der Waals surface area contributed by atoms with Gasteiger partial charge in [-0.2, -0.15) is 0 Å². The van der Waals surface area contributed by atoms with E-state index in [1.807, 2.05) is 24.0 Å². The Hall–Kier alpha value is -2.30. The van der Waals surface area contributed by atoms with Crippen LogP contribution in [0.15, 0.2) is 28.8 Å². The summed E-state index contributed by atoms with van der Waals surface area (Å²) in [5.74, 6) is 2.10. The van der Waals surface area contributed by atoms with Gasteiger partial charge in [-0.25, -0.2) is 0 Å². The predicted octanol–water partition coefficient (Wildman–Crippen LogP) is 3.73. The van der Waals surface area contributed by atoms with Crippen LogP contribution in [-0.2, 0) is 0 Å². The zero-order valence-corrected chi connectivity index (χ0v) is 13.8. The minimum Gasteiger partial charge on any atom is -0.464 e. The van der Waals surface area contributed by atoms with E-state index in [-0.39, 0.29) is 17.7 Å². The maximum atomic E-state index is 12.9. The van der Waals surface area contributed by atoms with E-state index in [0.717, 1.165) is 24.4 Å². The Morgan fingerprint density at radius 2 is 2.13 bits per heavy atom. The van der Waals surface area contributed by atoms with Gasteiger partial charge < -0.3 is 14.3 Å². The van der Waals surface area contributed by atoms with Crippen molar-refractivity contribution in [3.8, 4) is 0 Å². The molecule has 0 aromatic carbocycles. The Kier molecular flexibility index (Phi) is 4.11. The Morgan fingerprint density at radius 3 is 2.74 bits per heavy atom. The number of Topliss-reactive ketones (excluding diaryl/α,β-unsaturated/α-hetero) is 1. The summed E-state index contributed by atoms with van der Waals surface area (Å²) in [6.07, 6.45) is 3.45. The molecule has 2 aromatic heterocycles. The first-order chi connectivity index (χ1) is 11.0. The highest BCUT2D eigenvalue weighted by Crippen LogP contribution is 2.35. The first-order valence-corrected chi connectivity index (χ1v) is 8.02. The molecule has 122 valence electrons. The molecular weight excluding hydrogens is 292 g/mol. The number of rotatable bonds is 3. The Bertz CT molecular complexity index is 728. The molecule has 5 heteroatoms. The van der Waals surface area contributed by atoms with E-state index in [1.54, 1.807) is 12.3 Å². The Balaban J connectivity index is 1.88. The summed E-state index contributed by atoms with van der Waals surface area (Å²) in [5.41, 5.74) is 0.988. The number of hydrogen-bond acceptors (Lipinski definition) is 3. The molecule has 2 aromatic rings. The number of likely N-dealkylation sites (tertiary alicyclic amines) is 1. The van der Waals surface area contributed by atoms with Crippen LogP contribution in [0.3, 0.4) is 0 Å². The molecule has 1 saturated heterocycles. The number of aromatic nitrogens is 1. The molecule has 0 aliphatic carbocycles. The second-order valence-electron chi connectivity index (χ2n) is 6.45. The van der Waals surface area contributed by atoms with Crippen molar-refractivity contribution < 1.29 is 14.0 Å². The van der Waals surface area contributed by atoms with E-state index in [1.165, 1.54) is 6.92 Å². The van der Waals surface area contributed by atoms with Gasteiger partial charge in [0.25, 0.3) is 5.91 Å². The molecule has 3 heterocycles. The summed E-state index contributed by atoms with van der Waals surface area (Å²) in [4.78, 5) is 29.1. The number of nitrogens with one attached hydrogen (secondary N) is 1. The summed E-state index contributed by atoms with van der Waals surface area (Å²) in [5, 5.41) is 0. The highest BCUT2D eigenvalue weighted by molar-refractivity contribution is 5.99. The van der Waals surface area contributed by atoms with Crippen LogP contribution in [0.1, 0.15) is 65.1 Å². The number of nitrogens with zero attached hydrogens (tertiary/aromatic N) is 1. The van der Waals surface area contributed by atoms with E-state index in [0.29, 0.717) is 23.7 Å². The van der Waals surface area contributed by atoms with Crippen molar-refractivity contribution in [2.24, 2.45) is 5.92 Å². The van der Waals surface area contributed by atoms with E-state index < -0.39 is 0 Å². The van der Waals surface area contributed by atoms with Crippen LogP contribution in [0.4, 0.5) is 0 Å². The van der Waals surface area contributed by atoms with E-state index in [4.69, 9.17) is 4.42 Å². The van der Waals surface area contributed by atoms with Crippen LogP contribution < -0.4 is 0 Å². The van der Waals surface area contributed by atoms with Crippen molar-refractivity contribution in [3.63, 3.8) is 0 Å². The van der Waals surface area contributed by atoms with Crippen molar-refractivity contribution in [1.82, 2.24) is 9.88 Å². The first-order valence-electron chi connectivity index (χ1n) is 8.02. The van der Waals surface area contributed by atoms with Crippen LogP contribution in [0.2, 0.25) is 0 Å². The summed E-state index contributed by atoms with van der Waals surface area (Å²) in [7, 11) is 0. The minimum absolute atomic E-state index is 0.0502. The molecule has 1 fully saturated rings. The van der Waals surface area contributed by atoms with Crippen LogP contribution in [0, 0.1) is 12.8 Å². The average Bonchev–Trinajstić information content (AvgIpc) is 3.15. The maximum Gasteiger partial charge on any atom is 0.270 e. The molecular formula is C18H22N2O3. The summed E-state index contributed by atoms with van der Waals surface area (Å²) >= 11 is 0. The Labute approximate surface area is 135 Å². The molecule has 3 rings (SSSR count). The van der Waals surface area contributed by atoms with Gasteiger partial charge in [-0.05, 0) is 50.8 Å². The lowest BCUT2D eigenvalue weighted by Crippen LogP contribution is -2.40. The van der Waals surface area contributed by atoms with Crippen molar-refractivity contribution in [1.29, 1.82) is 0 Å². The van der Waals surface area contributed by atoms with E-state index in [9.17, 15) is 9.59 Å². The fourth-order valence-corrected chi connectivity index (χ4v) is 3.16. The second kappa shape index (κ2) is 6.07. The van der Waals surface area contributed by atoms with Gasteiger partial charge in [0.05, 0.1) is 6.04 Å². The third kappa shape index (κ3) is 3.09. The maximum absolute atomic E-state index is 12.9. The fraction of sp³-hybridized carbons (Fsp3) is 0.444. The highest BCUT2D eigenvalue weighted by atomic mass is 16.3. The number of carbonyl (C=O) groups is 2. The second-order valence-corrected chi connectivity index (χ2v) is 6.45. The average molecular weight is 314 g/mol. The first kappa shape index (κ1) is 15.6. The SMILES string of the molecule is CC(=O)c1c[nH]c(C(=O)N2CC[C@H](C)C[C@@H]2c2ccc(C)o2)c1. The molecule has 0 unspecified atom stereocenters. The molecule has 1 amide bonds. The standard InChI is InChI=1S/C18H22N2O3/c1-11-6-7-20(16(8-11)17-5-4-12(2)23-17)18(22)15-9-14(10-19-15)13(3)21/h4-5,9-11,16,19H,6-8H2,1-3H3/t11-,16+/m0/s1. The molecule has 0 bridgehead atoms. The van der Waals surface area contributed by atoms with Crippen molar-refractivity contribution in [3.05, 3.63) is 47.2 Å². The largest absolute Gasteiger partial charge is 0.464 e. The van der Waals surface area contributed by atoms with E-state index in [2.05, 4.69) is 11.9 Å². The quantitative estimate of drug-likeness (QED) is 0.878. The number of piperidine rings is 1. The molecule has 0 spiro atoms. The lowest BCUT2D eigenvalue weighted by atomic mass is 9.91. The van der Waals surface area contributed by atoms with Crippen molar-refractivity contribution >= 4 is 11.7 Å². The van der Waals surface area contributed by atoms with Crippen LogP contribution in [0.25, 0.3) is 0 Å². The lowest BCUT2D eigenvalue weighted by Gasteiger charge is -2.37. The summed E-state index contributed by atoms with van der Waals surface area (Å²) in [6, 6.07) is 5.46. The van der Waals surface area contributed by atoms with Gasteiger partial charge in [0.1, 0.15) is 17.2 Å². The monoisotopic (exact) mass is 314 g/mol. The number of ketones is 1. The number of H-pyrrole nitrogens is 1. The Morgan fingerprint density at radius 1 is 1.35 bits per heavy atom. The number of furan rings is 1. The number of amides is 1. The number of aromatic amines is 1. The van der Waals surface area contributed by atoms with Crippen molar-refractivity contribution in [2.45, 2.75) is 39.7 Å². The molecule has 5 nitrogen and oxygen atoms in total. The number of hydrogen-bond donors (Lipinski definition) is 1. The van der Waals surface area contributed by atoms with Crippen LogP contribution in [-0.4, -0.2) is 28.1 Å².